The Bertz CT molecular complexity index is 1070. The Balaban J connectivity index is 2.12. The molecule has 0 bridgehead atoms. The highest BCUT2D eigenvalue weighted by molar-refractivity contribution is 6.01. The maximum Gasteiger partial charge on any atom is 0.355 e. The SMILES string of the molecule is Nc1nc2ccc(-c3cccc4cccnc34)c(C(=O)O)n2n1. The van der Waals surface area contributed by atoms with Crippen LogP contribution in [0.1, 0.15) is 10.5 Å². The fourth-order valence-corrected chi connectivity index (χ4v) is 2.71. The third kappa shape index (κ3) is 1.98. The molecule has 4 rings (SSSR count). The van der Waals surface area contributed by atoms with E-state index in [-0.39, 0.29) is 11.6 Å². The van der Waals surface area contributed by atoms with E-state index in [9.17, 15) is 9.90 Å². The summed E-state index contributed by atoms with van der Waals surface area (Å²) in [5.74, 6) is -1.08. The summed E-state index contributed by atoms with van der Waals surface area (Å²) < 4.78 is 1.24. The number of fused-ring (bicyclic) bond motifs is 2. The Labute approximate surface area is 130 Å². The molecule has 0 aliphatic rings. The van der Waals surface area contributed by atoms with Crippen LogP contribution in [0.4, 0.5) is 5.95 Å². The highest BCUT2D eigenvalue weighted by Crippen LogP contribution is 2.30. The van der Waals surface area contributed by atoms with E-state index in [2.05, 4.69) is 15.1 Å². The number of anilines is 1. The highest BCUT2D eigenvalue weighted by atomic mass is 16.4. The average molecular weight is 305 g/mol. The molecule has 0 unspecified atom stereocenters. The number of pyridine rings is 2. The molecule has 3 heterocycles. The smallest absolute Gasteiger partial charge is 0.355 e. The van der Waals surface area contributed by atoms with E-state index in [4.69, 9.17) is 5.73 Å². The minimum Gasteiger partial charge on any atom is -0.476 e. The lowest BCUT2D eigenvalue weighted by Gasteiger charge is -2.10. The molecule has 112 valence electrons. The second-order valence-electron chi connectivity index (χ2n) is 5.02. The maximum absolute atomic E-state index is 11.8. The number of para-hydroxylation sites is 1. The largest absolute Gasteiger partial charge is 0.476 e. The van der Waals surface area contributed by atoms with E-state index in [0.717, 1.165) is 16.5 Å². The number of carboxylic acids is 1. The summed E-state index contributed by atoms with van der Waals surface area (Å²) in [5, 5.41) is 14.6. The maximum atomic E-state index is 11.8. The summed E-state index contributed by atoms with van der Waals surface area (Å²) in [4.78, 5) is 20.2. The molecule has 0 radical (unpaired) electrons. The van der Waals surface area contributed by atoms with Crippen molar-refractivity contribution in [1.29, 1.82) is 0 Å². The Morgan fingerprint density at radius 1 is 1.09 bits per heavy atom. The zero-order valence-corrected chi connectivity index (χ0v) is 11.8. The number of aromatic nitrogens is 4. The number of nitrogen functional groups attached to an aromatic ring is 1. The van der Waals surface area contributed by atoms with Crippen LogP contribution in [-0.4, -0.2) is 30.7 Å². The normalized spacial score (nSPS) is 11.1. The number of carbonyl (C=O) groups is 1. The minimum absolute atomic E-state index is 0.00449. The zero-order chi connectivity index (χ0) is 16.0. The first-order valence-corrected chi connectivity index (χ1v) is 6.88. The Morgan fingerprint density at radius 2 is 1.91 bits per heavy atom. The van der Waals surface area contributed by atoms with Crippen molar-refractivity contribution < 1.29 is 9.90 Å². The quantitative estimate of drug-likeness (QED) is 0.588. The third-order valence-electron chi connectivity index (χ3n) is 3.64. The summed E-state index contributed by atoms with van der Waals surface area (Å²) in [5.41, 5.74) is 7.94. The average Bonchev–Trinajstić information content (AvgIpc) is 2.93. The van der Waals surface area contributed by atoms with Gasteiger partial charge in [-0.05, 0) is 18.2 Å². The van der Waals surface area contributed by atoms with E-state index in [1.807, 2.05) is 30.3 Å². The van der Waals surface area contributed by atoms with E-state index in [1.165, 1.54) is 4.52 Å². The van der Waals surface area contributed by atoms with Crippen LogP contribution >= 0.6 is 0 Å². The lowest BCUT2D eigenvalue weighted by Crippen LogP contribution is -2.09. The Hall–Kier alpha value is -3.48. The summed E-state index contributed by atoms with van der Waals surface area (Å²) in [6, 6.07) is 12.8. The first-order chi connectivity index (χ1) is 11.1. The second-order valence-corrected chi connectivity index (χ2v) is 5.02. The number of hydrogen-bond donors (Lipinski definition) is 2. The number of hydrogen-bond acceptors (Lipinski definition) is 5. The molecule has 0 spiro atoms. The Kier molecular flexibility index (Phi) is 2.74. The lowest BCUT2D eigenvalue weighted by atomic mass is 10.0. The number of rotatable bonds is 2. The Morgan fingerprint density at radius 3 is 2.74 bits per heavy atom. The molecule has 0 aliphatic heterocycles. The third-order valence-corrected chi connectivity index (χ3v) is 3.64. The van der Waals surface area contributed by atoms with E-state index < -0.39 is 5.97 Å². The molecule has 0 saturated carbocycles. The van der Waals surface area contributed by atoms with Crippen molar-refractivity contribution in [1.82, 2.24) is 19.6 Å². The molecular weight excluding hydrogens is 294 g/mol. The number of aromatic carboxylic acids is 1. The molecule has 7 heteroatoms. The molecule has 0 amide bonds. The number of carboxylic acid groups (broad SMARTS) is 1. The van der Waals surface area contributed by atoms with Gasteiger partial charge in [0.1, 0.15) is 0 Å². The number of nitrogens with zero attached hydrogens (tertiary/aromatic N) is 4. The first-order valence-electron chi connectivity index (χ1n) is 6.88. The summed E-state index contributed by atoms with van der Waals surface area (Å²) in [6.45, 7) is 0. The van der Waals surface area contributed by atoms with Crippen molar-refractivity contribution in [3.8, 4) is 11.1 Å². The molecule has 1 aromatic carbocycles. The fourth-order valence-electron chi connectivity index (χ4n) is 2.71. The monoisotopic (exact) mass is 305 g/mol. The first kappa shape index (κ1) is 13.2. The summed E-state index contributed by atoms with van der Waals surface area (Å²) >= 11 is 0. The fraction of sp³-hybridized carbons (Fsp3) is 0. The van der Waals surface area contributed by atoms with Gasteiger partial charge >= 0.3 is 5.97 Å². The molecule has 3 N–H and O–H groups in total. The topological polar surface area (TPSA) is 106 Å². The van der Waals surface area contributed by atoms with Gasteiger partial charge in [0.15, 0.2) is 11.3 Å². The molecule has 3 aromatic heterocycles. The van der Waals surface area contributed by atoms with Gasteiger partial charge < -0.3 is 10.8 Å². The van der Waals surface area contributed by atoms with Crippen molar-refractivity contribution in [3.63, 3.8) is 0 Å². The molecule has 0 fully saturated rings. The lowest BCUT2D eigenvalue weighted by molar-refractivity contribution is 0.0688. The second kappa shape index (κ2) is 4.77. The van der Waals surface area contributed by atoms with Crippen molar-refractivity contribution in [2.24, 2.45) is 0 Å². The summed E-state index contributed by atoms with van der Waals surface area (Å²) in [7, 11) is 0. The molecule has 7 nitrogen and oxygen atoms in total. The molecular formula is C16H11N5O2. The van der Waals surface area contributed by atoms with Crippen LogP contribution in [0, 0.1) is 0 Å². The van der Waals surface area contributed by atoms with Gasteiger partial charge in [0.05, 0.1) is 5.52 Å². The molecule has 0 atom stereocenters. The summed E-state index contributed by atoms with van der Waals surface area (Å²) in [6.07, 6.45) is 1.68. The van der Waals surface area contributed by atoms with Crippen molar-refractivity contribution in [3.05, 3.63) is 54.4 Å². The number of nitrogens with two attached hydrogens (primary N) is 1. The van der Waals surface area contributed by atoms with Crippen LogP contribution in [0.2, 0.25) is 0 Å². The number of benzene rings is 1. The predicted molar refractivity (Wildman–Crippen MR) is 85.1 cm³/mol. The minimum atomic E-state index is -1.11. The van der Waals surface area contributed by atoms with Crippen LogP contribution in [0.5, 0.6) is 0 Å². The highest BCUT2D eigenvalue weighted by Gasteiger charge is 2.20. The van der Waals surface area contributed by atoms with Gasteiger partial charge in [0.2, 0.25) is 5.95 Å². The van der Waals surface area contributed by atoms with Crippen LogP contribution in [0.15, 0.2) is 48.7 Å². The van der Waals surface area contributed by atoms with Crippen molar-refractivity contribution in [2.75, 3.05) is 5.73 Å². The van der Waals surface area contributed by atoms with Gasteiger partial charge in [-0.2, -0.15) is 4.98 Å². The van der Waals surface area contributed by atoms with Crippen LogP contribution < -0.4 is 5.73 Å². The van der Waals surface area contributed by atoms with Crippen molar-refractivity contribution in [2.45, 2.75) is 0 Å². The van der Waals surface area contributed by atoms with E-state index in [1.54, 1.807) is 18.3 Å². The van der Waals surface area contributed by atoms with Gasteiger partial charge in [-0.15, -0.1) is 5.10 Å². The standard InChI is InChI=1S/C16H11N5O2/c17-16-19-12-7-6-11(14(15(22)23)21(12)20-16)10-5-1-3-9-4-2-8-18-13(9)10/h1-8H,(H2,17,20)(H,22,23). The van der Waals surface area contributed by atoms with Gasteiger partial charge in [0, 0.05) is 22.7 Å². The molecule has 0 saturated heterocycles. The van der Waals surface area contributed by atoms with Gasteiger partial charge in [-0.1, -0.05) is 24.3 Å². The van der Waals surface area contributed by atoms with Gasteiger partial charge in [0.25, 0.3) is 0 Å². The van der Waals surface area contributed by atoms with Gasteiger partial charge in [-0.25, -0.2) is 9.31 Å². The molecule has 4 aromatic rings. The van der Waals surface area contributed by atoms with E-state index >= 15 is 0 Å². The van der Waals surface area contributed by atoms with Crippen molar-refractivity contribution >= 4 is 28.5 Å². The predicted octanol–water partition coefficient (Wildman–Crippen LogP) is 2.22. The molecule has 0 aliphatic carbocycles. The van der Waals surface area contributed by atoms with E-state index in [0.29, 0.717) is 11.2 Å². The van der Waals surface area contributed by atoms with Crippen LogP contribution in [0.25, 0.3) is 27.7 Å². The van der Waals surface area contributed by atoms with Crippen LogP contribution in [0.3, 0.4) is 0 Å². The van der Waals surface area contributed by atoms with Crippen LogP contribution in [-0.2, 0) is 0 Å². The zero-order valence-electron chi connectivity index (χ0n) is 11.8. The van der Waals surface area contributed by atoms with Gasteiger partial charge in [-0.3, -0.25) is 4.98 Å². The molecule has 23 heavy (non-hydrogen) atoms.